The van der Waals surface area contributed by atoms with Crippen molar-refractivity contribution in [3.63, 3.8) is 0 Å². The van der Waals surface area contributed by atoms with Crippen LogP contribution in [-0.4, -0.2) is 73.4 Å². The van der Waals surface area contributed by atoms with Gasteiger partial charge in [0.05, 0.1) is 39.9 Å². The summed E-state index contributed by atoms with van der Waals surface area (Å²) in [6.07, 6.45) is 61.3. The van der Waals surface area contributed by atoms with Gasteiger partial charge in [-0.2, -0.15) is 0 Å². The summed E-state index contributed by atoms with van der Waals surface area (Å²) in [6, 6.07) is -0.860. The number of rotatable bonds is 51. The maximum atomic E-state index is 12.9. The third-order valence-corrected chi connectivity index (χ3v) is 13.6. The van der Waals surface area contributed by atoms with Crippen molar-refractivity contribution in [3.8, 4) is 0 Å². The second-order valence-corrected chi connectivity index (χ2v) is 21.8. The molecule has 3 atom stereocenters. The molecule has 0 spiro atoms. The second-order valence-electron chi connectivity index (χ2n) is 20.3. The van der Waals surface area contributed by atoms with Gasteiger partial charge in [-0.1, -0.05) is 237 Å². The van der Waals surface area contributed by atoms with Crippen LogP contribution in [0.2, 0.25) is 0 Å². The molecule has 0 rings (SSSR count). The Hall–Kier alpha value is -1.28. The minimum absolute atomic E-state index is 0.0569. The largest absolute Gasteiger partial charge is 0.472 e. The smallest absolute Gasteiger partial charge is 0.387 e. The van der Waals surface area contributed by atoms with E-state index in [4.69, 9.17) is 9.05 Å². The van der Waals surface area contributed by atoms with E-state index in [2.05, 4.69) is 43.5 Å². The Balaban J connectivity index is 3.99. The third kappa shape index (κ3) is 50.4. The first-order valence-corrected chi connectivity index (χ1v) is 29.4. The molecule has 0 aliphatic heterocycles. The summed E-state index contributed by atoms with van der Waals surface area (Å²) in [4.78, 5) is 23.2. The van der Waals surface area contributed by atoms with Crippen LogP contribution in [0.15, 0.2) is 36.5 Å². The molecule has 384 valence electrons. The number of nitrogens with one attached hydrogen (secondary N) is 1. The van der Waals surface area contributed by atoms with Gasteiger partial charge in [0.1, 0.15) is 13.2 Å². The molecule has 3 N–H and O–H groups in total. The van der Waals surface area contributed by atoms with Gasteiger partial charge in [-0.25, -0.2) is 4.57 Å². The lowest BCUT2D eigenvalue weighted by molar-refractivity contribution is -0.870. The van der Waals surface area contributed by atoms with Crippen molar-refractivity contribution in [3.05, 3.63) is 36.5 Å². The molecular weight excluding hydrogens is 828 g/mol. The van der Waals surface area contributed by atoms with Crippen LogP contribution in [0.3, 0.4) is 0 Å². The van der Waals surface area contributed by atoms with E-state index in [1.165, 1.54) is 205 Å². The lowest BCUT2D eigenvalue weighted by Crippen LogP contribution is -2.45. The fourth-order valence-electron chi connectivity index (χ4n) is 8.17. The summed E-state index contributed by atoms with van der Waals surface area (Å²) in [7, 11) is 1.56. The number of aliphatic hydroxyl groups excluding tert-OH is 1. The van der Waals surface area contributed by atoms with Gasteiger partial charge in [0, 0.05) is 6.42 Å². The van der Waals surface area contributed by atoms with Crippen LogP contribution in [-0.2, 0) is 18.4 Å². The highest BCUT2D eigenvalue weighted by atomic mass is 31.2. The van der Waals surface area contributed by atoms with E-state index in [0.29, 0.717) is 17.4 Å². The zero-order valence-electron chi connectivity index (χ0n) is 43.7. The average molecular weight is 938 g/mol. The molecule has 0 radical (unpaired) electrons. The number of carbonyl (C=O) groups is 1. The number of phosphoric ester groups is 1. The van der Waals surface area contributed by atoms with Gasteiger partial charge in [0.15, 0.2) is 0 Å². The molecule has 0 aromatic heterocycles. The van der Waals surface area contributed by atoms with E-state index in [1.807, 2.05) is 27.2 Å². The Morgan fingerprint density at radius 2 is 0.846 bits per heavy atom. The van der Waals surface area contributed by atoms with Crippen molar-refractivity contribution < 1.29 is 32.9 Å². The highest BCUT2D eigenvalue weighted by molar-refractivity contribution is 7.47. The number of aliphatic hydroxyl groups is 1. The topological polar surface area (TPSA) is 105 Å². The zero-order chi connectivity index (χ0) is 47.8. The Bertz CT molecular complexity index is 1150. The number of quaternary nitrogens is 1. The maximum Gasteiger partial charge on any atom is 0.472 e. The van der Waals surface area contributed by atoms with Crippen LogP contribution < -0.4 is 5.32 Å². The molecule has 3 unspecified atom stereocenters. The predicted molar refractivity (Wildman–Crippen MR) is 281 cm³/mol. The second kappa shape index (κ2) is 47.8. The Labute approximate surface area is 404 Å². The summed E-state index contributed by atoms with van der Waals surface area (Å²) < 4.78 is 23.6. The van der Waals surface area contributed by atoms with Gasteiger partial charge < -0.3 is 19.8 Å². The lowest BCUT2D eigenvalue weighted by atomic mass is 10.0. The highest BCUT2D eigenvalue weighted by Gasteiger charge is 2.27. The SMILES string of the molecule is CCCCCCC/C=C/CC/C=C/C(O)C(COP(=O)(O)OCC[N+](C)(C)C)NC(=O)CCCCCCCCCCCCCCCCCC/C=C\CCCCCCCCCCCCCC. The number of nitrogens with zero attached hydrogens (tertiary/aromatic N) is 1. The molecule has 0 aromatic rings. The quantitative estimate of drug-likeness (QED) is 0.0243. The van der Waals surface area contributed by atoms with Crippen LogP contribution in [0.1, 0.15) is 264 Å². The summed E-state index contributed by atoms with van der Waals surface area (Å²) in [5.41, 5.74) is 0. The van der Waals surface area contributed by atoms with Gasteiger partial charge in [0.2, 0.25) is 5.91 Å². The van der Waals surface area contributed by atoms with Crippen molar-refractivity contribution in [2.45, 2.75) is 276 Å². The van der Waals surface area contributed by atoms with Crippen LogP contribution >= 0.6 is 7.82 Å². The Kier molecular flexibility index (Phi) is 46.8. The molecule has 1 amide bonds. The minimum atomic E-state index is -4.34. The van der Waals surface area contributed by atoms with Gasteiger partial charge in [0.25, 0.3) is 0 Å². The van der Waals surface area contributed by atoms with Gasteiger partial charge in [-0.15, -0.1) is 0 Å². The third-order valence-electron chi connectivity index (χ3n) is 12.6. The first-order chi connectivity index (χ1) is 31.5. The number of unbranched alkanes of at least 4 members (excludes halogenated alkanes) is 34. The first kappa shape index (κ1) is 63.7. The molecule has 8 nitrogen and oxygen atoms in total. The van der Waals surface area contributed by atoms with Crippen molar-refractivity contribution in [2.75, 3.05) is 40.9 Å². The van der Waals surface area contributed by atoms with E-state index in [0.717, 1.165) is 38.5 Å². The molecular formula is C56H110N2O6P+. The predicted octanol–water partition coefficient (Wildman–Crippen LogP) is 16.6. The molecule has 0 bridgehead atoms. The van der Waals surface area contributed by atoms with E-state index in [1.54, 1.807) is 6.08 Å². The van der Waals surface area contributed by atoms with Gasteiger partial charge >= 0.3 is 7.82 Å². The standard InChI is InChI=1S/C56H109N2O6P/c1-6-8-10-12-14-16-18-19-20-21-22-23-24-25-26-27-28-29-30-31-32-33-34-35-36-37-38-40-42-44-46-48-50-56(60)57-54(53-64-65(61,62)63-52-51-58(3,4)5)55(59)49-47-45-43-41-39-17-15-13-11-9-7-2/h25-26,39,41,47,49,54-55,59H,6-24,27-38,40,42-46,48,50-53H2,1-5H3,(H-,57,60,61,62)/p+1/b26-25-,41-39+,49-47+. The summed E-state index contributed by atoms with van der Waals surface area (Å²) >= 11 is 0. The maximum absolute atomic E-state index is 12.9. The van der Waals surface area contributed by atoms with E-state index in [-0.39, 0.29) is 19.1 Å². The Morgan fingerprint density at radius 3 is 1.23 bits per heavy atom. The fraction of sp³-hybridized carbons (Fsp3) is 0.875. The zero-order valence-corrected chi connectivity index (χ0v) is 44.6. The van der Waals surface area contributed by atoms with Crippen LogP contribution in [0, 0.1) is 0 Å². The Morgan fingerprint density at radius 1 is 0.508 bits per heavy atom. The molecule has 0 aliphatic rings. The highest BCUT2D eigenvalue weighted by Crippen LogP contribution is 2.43. The van der Waals surface area contributed by atoms with Crippen molar-refractivity contribution in [2.24, 2.45) is 0 Å². The average Bonchev–Trinajstić information content (AvgIpc) is 3.26. The monoisotopic (exact) mass is 938 g/mol. The van der Waals surface area contributed by atoms with E-state index >= 15 is 0 Å². The number of amides is 1. The van der Waals surface area contributed by atoms with Crippen LogP contribution in [0.25, 0.3) is 0 Å². The summed E-state index contributed by atoms with van der Waals surface area (Å²) in [6.45, 7) is 4.79. The first-order valence-electron chi connectivity index (χ1n) is 27.9. The minimum Gasteiger partial charge on any atom is -0.387 e. The number of likely N-dealkylation sites (N-methyl/N-ethyl adjacent to an activating group) is 1. The van der Waals surface area contributed by atoms with Crippen molar-refractivity contribution in [1.29, 1.82) is 0 Å². The van der Waals surface area contributed by atoms with Crippen LogP contribution in [0.4, 0.5) is 0 Å². The van der Waals surface area contributed by atoms with E-state index < -0.39 is 20.0 Å². The summed E-state index contributed by atoms with van der Waals surface area (Å²) in [5, 5.41) is 13.8. The number of hydrogen-bond donors (Lipinski definition) is 3. The normalized spacial score (nSPS) is 14.3. The molecule has 0 heterocycles. The number of carbonyl (C=O) groups excluding carboxylic acids is 1. The molecule has 0 aromatic carbocycles. The van der Waals surface area contributed by atoms with E-state index in [9.17, 15) is 19.4 Å². The van der Waals surface area contributed by atoms with Gasteiger partial charge in [-0.05, 0) is 57.8 Å². The molecule has 0 saturated carbocycles. The van der Waals surface area contributed by atoms with Crippen molar-refractivity contribution in [1.82, 2.24) is 5.32 Å². The lowest BCUT2D eigenvalue weighted by Gasteiger charge is -2.25. The van der Waals surface area contributed by atoms with Gasteiger partial charge in [-0.3, -0.25) is 13.8 Å². The summed E-state index contributed by atoms with van der Waals surface area (Å²) in [5.74, 6) is -0.186. The van der Waals surface area contributed by atoms with Crippen LogP contribution in [0.5, 0.6) is 0 Å². The molecule has 9 heteroatoms. The number of phosphoric acid groups is 1. The molecule has 65 heavy (non-hydrogen) atoms. The molecule has 0 aliphatic carbocycles. The molecule has 0 saturated heterocycles. The fourth-order valence-corrected chi connectivity index (χ4v) is 8.91. The molecule has 0 fully saturated rings. The number of hydrogen-bond acceptors (Lipinski definition) is 5. The van der Waals surface area contributed by atoms with Crippen molar-refractivity contribution >= 4 is 13.7 Å². The number of allylic oxidation sites excluding steroid dienone is 5.